The number of nitrogens with two attached hydrogens (primary N) is 1. The quantitative estimate of drug-likeness (QED) is 0.591. The number of nitrogens with zero attached hydrogens (tertiary/aromatic N) is 2. The van der Waals surface area contributed by atoms with Crippen LogP contribution < -0.4 is 10.6 Å². The van der Waals surface area contributed by atoms with Crippen LogP contribution in [0, 0.1) is 0 Å². The predicted molar refractivity (Wildman–Crippen MR) is 35.4 cm³/mol. The van der Waals surface area contributed by atoms with E-state index >= 15 is 0 Å². The predicted octanol–water partition coefficient (Wildman–Crippen LogP) is -0.381. The maximum atomic E-state index is 8.88. The van der Waals surface area contributed by atoms with Crippen molar-refractivity contribution in [2.24, 2.45) is 0 Å². The zero-order valence-corrected chi connectivity index (χ0v) is 5.61. The lowest BCUT2D eigenvalue weighted by Gasteiger charge is -1.97. The van der Waals surface area contributed by atoms with E-state index < -0.39 is 0 Å². The summed E-state index contributed by atoms with van der Waals surface area (Å²) in [7, 11) is 0. The van der Waals surface area contributed by atoms with Gasteiger partial charge in [0.2, 0.25) is 0 Å². The molecule has 0 radical (unpaired) electrons. The van der Waals surface area contributed by atoms with Crippen molar-refractivity contribution in [1.29, 1.82) is 0 Å². The van der Waals surface area contributed by atoms with E-state index in [4.69, 9.17) is 15.7 Å². The van der Waals surface area contributed by atoms with Crippen LogP contribution in [-0.2, 0) is 0 Å². The third-order valence-electron chi connectivity index (χ3n) is 0.963. The molecule has 56 valence electrons. The van der Waals surface area contributed by atoms with E-state index in [0.29, 0.717) is 6.61 Å². The maximum Gasteiger partial charge on any atom is 0.191 e. The molecule has 0 aliphatic rings. The van der Waals surface area contributed by atoms with Crippen LogP contribution >= 0.6 is 0 Å². The van der Waals surface area contributed by atoms with E-state index in [-0.39, 0.29) is 11.6 Å². The van der Waals surface area contributed by atoms with Gasteiger partial charge >= 0.3 is 0 Å². The van der Waals surface area contributed by atoms with Crippen molar-refractivity contribution in [3.63, 3.8) is 0 Å². The van der Waals surface area contributed by atoms with Crippen molar-refractivity contribution in [3.8, 4) is 5.75 Å². The number of anilines is 1. The molecule has 0 saturated heterocycles. The molecule has 0 unspecified atom stereocenters. The highest BCUT2D eigenvalue weighted by Gasteiger charge is 2.01. The topological polar surface area (TPSA) is 73.3 Å². The second-order valence-electron chi connectivity index (χ2n) is 1.72. The number of hydrogen-bond acceptors (Lipinski definition) is 4. The van der Waals surface area contributed by atoms with Gasteiger partial charge in [-0.1, -0.05) is 0 Å². The smallest absolute Gasteiger partial charge is 0.191 e. The lowest BCUT2D eigenvalue weighted by atomic mass is 10.6. The van der Waals surface area contributed by atoms with Gasteiger partial charge < -0.3 is 15.7 Å². The Morgan fingerprint density at radius 3 is 3.00 bits per heavy atom. The number of nitrogen functional groups attached to an aromatic ring is 1. The van der Waals surface area contributed by atoms with Crippen molar-refractivity contribution >= 4 is 5.82 Å². The molecule has 0 fully saturated rings. The van der Waals surface area contributed by atoms with Gasteiger partial charge in [0.25, 0.3) is 0 Å². The zero-order valence-electron chi connectivity index (χ0n) is 5.61. The zero-order chi connectivity index (χ0) is 7.56. The molecule has 5 nitrogen and oxygen atoms in total. The summed E-state index contributed by atoms with van der Waals surface area (Å²) < 4.78 is 0. The molecule has 10 heavy (non-hydrogen) atoms. The van der Waals surface area contributed by atoms with Gasteiger partial charge in [-0.05, 0) is 6.92 Å². The Kier molecular flexibility index (Phi) is 1.66. The number of rotatable bonds is 2. The molecule has 0 aromatic carbocycles. The molecule has 1 heterocycles. The SMILES string of the molecule is CCOn1cc(O)c(N)n1. The lowest BCUT2D eigenvalue weighted by molar-refractivity contribution is 0.0929. The normalized spacial score (nSPS) is 9.70. The Hall–Kier alpha value is -1.39. The van der Waals surface area contributed by atoms with E-state index in [1.807, 2.05) is 6.92 Å². The van der Waals surface area contributed by atoms with Crippen LogP contribution in [0.3, 0.4) is 0 Å². The van der Waals surface area contributed by atoms with Crippen LogP contribution in [0.1, 0.15) is 6.92 Å². The van der Waals surface area contributed by atoms with Crippen LogP contribution in [0.25, 0.3) is 0 Å². The molecule has 5 heteroatoms. The first-order valence-electron chi connectivity index (χ1n) is 2.91. The van der Waals surface area contributed by atoms with E-state index in [0.717, 1.165) is 4.85 Å². The fourth-order valence-electron chi connectivity index (χ4n) is 0.555. The fraction of sp³-hybridized carbons (Fsp3) is 0.400. The monoisotopic (exact) mass is 143 g/mol. The van der Waals surface area contributed by atoms with Gasteiger partial charge in [-0.2, -0.15) is 0 Å². The van der Waals surface area contributed by atoms with Crippen LogP contribution in [0.5, 0.6) is 5.75 Å². The Morgan fingerprint density at radius 1 is 1.90 bits per heavy atom. The Morgan fingerprint density at radius 2 is 2.60 bits per heavy atom. The minimum Gasteiger partial charge on any atom is -0.503 e. The summed E-state index contributed by atoms with van der Waals surface area (Å²) in [4.78, 5) is 6.00. The first kappa shape index (κ1) is 6.73. The van der Waals surface area contributed by atoms with Crippen molar-refractivity contribution in [3.05, 3.63) is 6.20 Å². The van der Waals surface area contributed by atoms with Crippen LogP contribution in [0.4, 0.5) is 5.82 Å². The molecule has 0 aliphatic carbocycles. The summed E-state index contributed by atoms with van der Waals surface area (Å²) in [6.45, 7) is 2.30. The van der Waals surface area contributed by atoms with Gasteiger partial charge in [-0.3, -0.25) is 0 Å². The Balaban J connectivity index is 2.77. The summed E-state index contributed by atoms with van der Waals surface area (Å²) in [5.74, 6) is 0.0156. The molecule has 0 atom stereocenters. The average molecular weight is 143 g/mol. The van der Waals surface area contributed by atoms with Gasteiger partial charge in [-0.25, -0.2) is 0 Å². The van der Waals surface area contributed by atoms with Gasteiger partial charge in [0.05, 0.1) is 0 Å². The van der Waals surface area contributed by atoms with Gasteiger partial charge in [0, 0.05) is 0 Å². The minimum absolute atomic E-state index is 0.0616. The highest BCUT2D eigenvalue weighted by atomic mass is 16.7. The number of hydrogen-bond donors (Lipinski definition) is 2. The number of aromatic nitrogens is 2. The summed E-state index contributed by atoms with van der Waals surface area (Å²) >= 11 is 0. The average Bonchev–Trinajstić information content (AvgIpc) is 2.14. The molecular formula is C5H9N3O2. The van der Waals surface area contributed by atoms with Crippen LogP contribution in [0.15, 0.2) is 6.20 Å². The Bertz CT molecular complexity index is 201. The highest BCUT2D eigenvalue weighted by Crippen LogP contribution is 2.14. The third kappa shape index (κ3) is 1.12. The molecule has 3 N–H and O–H groups in total. The van der Waals surface area contributed by atoms with Crippen molar-refractivity contribution in [1.82, 2.24) is 9.94 Å². The molecule has 0 bridgehead atoms. The molecule has 0 spiro atoms. The Labute approximate surface area is 58.0 Å². The minimum atomic E-state index is -0.0616. The molecule has 1 rings (SSSR count). The van der Waals surface area contributed by atoms with Crippen molar-refractivity contribution in [2.75, 3.05) is 12.3 Å². The van der Waals surface area contributed by atoms with E-state index in [9.17, 15) is 0 Å². The van der Waals surface area contributed by atoms with E-state index in [1.165, 1.54) is 6.20 Å². The highest BCUT2D eigenvalue weighted by molar-refractivity contribution is 5.41. The van der Waals surface area contributed by atoms with Crippen LogP contribution in [-0.4, -0.2) is 21.7 Å². The number of aromatic hydroxyl groups is 1. The van der Waals surface area contributed by atoms with Crippen molar-refractivity contribution in [2.45, 2.75) is 6.92 Å². The van der Waals surface area contributed by atoms with Gasteiger partial charge in [-0.15, -0.1) is 9.94 Å². The fourth-order valence-corrected chi connectivity index (χ4v) is 0.555. The first-order chi connectivity index (χ1) is 4.74. The van der Waals surface area contributed by atoms with Gasteiger partial charge in [0.15, 0.2) is 11.6 Å². The second kappa shape index (κ2) is 2.47. The molecule has 1 aromatic rings. The van der Waals surface area contributed by atoms with E-state index in [1.54, 1.807) is 0 Å². The first-order valence-corrected chi connectivity index (χ1v) is 2.91. The summed E-state index contributed by atoms with van der Waals surface area (Å²) in [5, 5.41) is 12.5. The summed E-state index contributed by atoms with van der Waals surface area (Å²) in [5.41, 5.74) is 5.21. The molecule has 0 amide bonds. The largest absolute Gasteiger partial charge is 0.503 e. The van der Waals surface area contributed by atoms with Crippen molar-refractivity contribution < 1.29 is 9.94 Å². The maximum absolute atomic E-state index is 8.88. The van der Waals surface area contributed by atoms with Gasteiger partial charge in [0.1, 0.15) is 12.8 Å². The lowest BCUT2D eigenvalue weighted by Crippen LogP contribution is -2.10. The van der Waals surface area contributed by atoms with E-state index in [2.05, 4.69) is 5.10 Å². The van der Waals surface area contributed by atoms with Crippen LogP contribution in [0.2, 0.25) is 0 Å². The standard InChI is InChI=1S/C5H9N3O2/c1-2-10-8-3-4(9)5(6)7-8/h3,9H,2H2,1H3,(H2,6,7). The summed E-state index contributed by atoms with van der Waals surface area (Å²) in [6, 6.07) is 0. The second-order valence-corrected chi connectivity index (χ2v) is 1.72. The molecule has 0 aliphatic heterocycles. The molecule has 1 aromatic heterocycles. The molecule has 0 saturated carbocycles. The third-order valence-corrected chi connectivity index (χ3v) is 0.963. The molecular weight excluding hydrogens is 134 g/mol. The summed E-state index contributed by atoms with van der Waals surface area (Å²) in [6.07, 6.45) is 1.30.